The lowest BCUT2D eigenvalue weighted by atomic mass is 10.2. The van der Waals surface area contributed by atoms with Crippen molar-refractivity contribution in [3.8, 4) is 0 Å². The number of hydrogen-bond acceptors (Lipinski definition) is 3. The Hall–Kier alpha value is -2.40. The molecule has 1 aromatic heterocycles. The quantitative estimate of drug-likeness (QED) is 0.839. The number of halogens is 1. The third kappa shape index (κ3) is 5.66. The van der Waals surface area contributed by atoms with Crippen LogP contribution in [0.1, 0.15) is 24.5 Å². The molecule has 0 saturated heterocycles. The average molecular weight is 346 g/mol. The van der Waals surface area contributed by atoms with E-state index in [-0.39, 0.29) is 18.2 Å². The molecule has 0 saturated carbocycles. The third-order valence-corrected chi connectivity index (χ3v) is 3.98. The minimum Gasteiger partial charge on any atom is -0.352 e. The smallest absolute Gasteiger partial charge is 0.222 e. The highest BCUT2D eigenvalue weighted by Crippen LogP contribution is 2.17. The molecule has 0 aliphatic heterocycles. The number of amides is 2. The first-order valence-corrected chi connectivity index (χ1v) is 8.08. The molecule has 1 heterocycles. The summed E-state index contributed by atoms with van der Waals surface area (Å²) in [4.78, 5) is 29.3. The highest BCUT2D eigenvalue weighted by Gasteiger charge is 2.13. The Bertz CT molecular complexity index is 692. The molecule has 2 amide bonds. The molecule has 2 aromatic rings. The van der Waals surface area contributed by atoms with E-state index in [0.29, 0.717) is 24.7 Å². The number of carbonyl (C=O) groups excluding carboxylic acids is 2. The Labute approximate surface area is 146 Å². The van der Waals surface area contributed by atoms with Crippen LogP contribution in [-0.4, -0.2) is 28.2 Å². The minimum absolute atomic E-state index is 0.0862. The van der Waals surface area contributed by atoms with Crippen LogP contribution in [0.4, 0.5) is 0 Å². The van der Waals surface area contributed by atoms with Crippen molar-refractivity contribution >= 4 is 23.4 Å². The summed E-state index contributed by atoms with van der Waals surface area (Å²) in [5.41, 5.74) is 1.85. The summed E-state index contributed by atoms with van der Waals surface area (Å²) in [6.07, 6.45) is 3.61. The summed E-state index contributed by atoms with van der Waals surface area (Å²) >= 11 is 6.13. The molecule has 6 heteroatoms. The Kier molecular flexibility index (Phi) is 6.75. The summed E-state index contributed by atoms with van der Waals surface area (Å²) in [7, 11) is 0. The highest BCUT2D eigenvalue weighted by molar-refractivity contribution is 6.31. The Morgan fingerprint density at radius 2 is 1.88 bits per heavy atom. The zero-order chi connectivity index (χ0) is 17.4. The monoisotopic (exact) mass is 345 g/mol. The van der Waals surface area contributed by atoms with Crippen LogP contribution < -0.4 is 5.32 Å². The lowest BCUT2D eigenvalue weighted by Gasteiger charge is -2.21. The van der Waals surface area contributed by atoms with Gasteiger partial charge in [-0.15, -0.1) is 0 Å². The first kappa shape index (κ1) is 17.9. The first-order valence-electron chi connectivity index (χ1n) is 7.71. The van der Waals surface area contributed by atoms with Crippen molar-refractivity contribution in [2.45, 2.75) is 26.4 Å². The minimum atomic E-state index is -0.0998. The van der Waals surface area contributed by atoms with Crippen molar-refractivity contribution in [1.29, 1.82) is 0 Å². The molecule has 1 N–H and O–H groups in total. The molecule has 0 bridgehead atoms. The number of hydrogen-bond donors (Lipinski definition) is 1. The van der Waals surface area contributed by atoms with Gasteiger partial charge in [0.15, 0.2) is 0 Å². The van der Waals surface area contributed by atoms with Crippen LogP contribution in [0, 0.1) is 0 Å². The van der Waals surface area contributed by atoms with Gasteiger partial charge in [-0.3, -0.25) is 14.6 Å². The van der Waals surface area contributed by atoms with Gasteiger partial charge in [-0.05, 0) is 29.3 Å². The maximum atomic E-state index is 12.0. The predicted octanol–water partition coefficient (Wildman–Crippen LogP) is 2.79. The SMILES string of the molecule is CC(=O)N(CCC(=O)NCc1ccncc1)Cc1ccccc1Cl. The second-order valence-corrected chi connectivity index (χ2v) is 5.82. The topological polar surface area (TPSA) is 62.3 Å². The van der Waals surface area contributed by atoms with Crippen molar-refractivity contribution < 1.29 is 9.59 Å². The van der Waals surface area contributed by atoms with E-state index < -0.39 is 0 Å². The second kappa shape index (κ2) is 9.03. The Morgan fingerprint density at radius 3 is 2.54 bits per heavy atom. The largest absolute Gasteiger partial charge is 0.352 e. The zero-order valence-electron chi connectivity index (χ0n) is 13.5. The number of nitrogens with one attached hydrogen (secondary N) is 1. The summed E-state index contributed by atoms with van der Waals surface area (Å²) in [5.74, 6) is -0.186. The molecule has 5 nitrogen and oxygen atoms in total. The Balaban J connectivity index is 1.84. The van der Waals surface area contributed by atoms with Gasteiger partial charge in [0.1, 0.15) is 0 Å². The van der Waals surface area contributed by atoms with Gasteiger partial charge in [0.05, 0.1) is 0 Å². The molecule has 0 aliphatic carbocycles. The predicted molar refractivity (Wildman–Crippen MR) is 93.2 cm³/mol. The maximum Gasteiger partial charge on any atom is 0.222 e. The van der Waals surface area contributed by atoms with E-state index in [2.05, 4.69) is 10.3 Å². The van der Waals surface area contributed by atoms with E-state index in [4.69, 9.17) is 11.6 Å². The first-order chi connectivity index (χ1) is 11.6. The van der Waals surface area contributed by atoms with E-state index in [1.165, 1.54) is 6.92 Å². The summed E-state index contributed by atoms with van der Waals surface area (Å²) in [5, 5.41) is 3.45. The number of pyridine rings is 1. The van der Waals surface area contributed by atoms with Gasteiger partial charge in [-0.25, -0.2) is 0 Å². The maximum absolute atomic E-state index is 12.0. The molecule has 1 aromatic carbocycles. The standard InChI is InChI=1S/C18H20ClN3O2/c1-14(23)22(13-16-4-2-3-5-17(16)19)11-8-18(24)21-12-15-6-9-20-10-7-15/h2-7,9-10H,8,11-13H2,1H3,(H,21,24). The molecule has 0 atom stereocenters. The van der Waals surface area contributed by atoms with Crippen LogP contribution >= 0.6 is 11.6 Å². The summed E-state index contributed by atoms with van der Waals surface area (Å²) in [6, 6.07) is 11.1. The highest BCUT2D eigenvalue weighted by atomic mass is 35.5. The number of rotatable bonds is 7. The van der Waals surface area contributed by atoms with Crippen molar-refractivity contribution in [2.75, 3.05) is 6.54 Å². The molecule has 0 spiro atoms. The van der Waals surface area contributed by atoms with Crippen LogP contribution in [-0.2, 0) is 22.7 Å². The van der Waals surface area contributed by atoms with Gasteiger partial charge in [0.25, 0.3) is 0 Å². The van der Waals surface area contributed by atoms with Gasteiger partial charge in [0, 0.05) is 50.4 Å². The summed E-state index contributed by atoms with van der Waals surface area (Å²) < 4.78 is 0. The molecular weight excluding hydrogens is 326 g/mol. The Morgan fingerprint density at radius 1 is 1.17 bits per heavy atom. The van der Waals surface area contributed by atoms with Gasteiger partial charge in [-0.2, -0.15) is 0 Å². The fourth-order valence-electron chi connectivity index (χ4n) is 2.21. The third-order valence-electron chi connectivity index (χ3n) is 3.61. The van der Waals surface area contributed by atoms with Gasteiger partial charge in [0.2, 0.25) is 11.8 Å². The molecule has 2 rings (SSSR count). The van der Waals surface area contributed by atoms with Crippen LogP contribution in [0.25, 0.3) is 0 Å². The van der Waals surface area contributed by atoms with Crippen LogP contribution in [0.15, 0.2) is 48.8 Å². The van der Waals surface area contributed by atoms with Crippen molar-refractivity contribution in [3.05, 3.63) is 64.9 Å². The zero-order valence-corrected chi connectivity index (χ0v) is 14.3. The molecule has 24 heavy (non-hydrogen) atoms. The van der Waals surface area contributed by atoms with Gasteiger partial charge >= 0.3 is 0 Å². The fraction of sp³-hybridized carbons (Fsp3) is 0.278. The molecule has 0 aliphatic rings. The van der Waals surface area contributed by atoms with E-state index in [1.54, 1.807) is 23.4 Å². The molecule has 126 valence electrons. The number of nitrogens with zero attached hydrogens (tertiary/aromatic N) is 2. The number of aromatic nitrogens is 1. The van der Waals surface area contributed by atoms with Crippen LogP contribution in [0.2, 0.25) is 5.02 Å². The molecule has 0 unspecified atom stereocenters. The van der Waals surface area contributed by atoms with E-state index >= 15 is 0 Å². The second-order valence-electron chi connectivity index (χ2n) is 5.41. The van der Waals surface area contributed by atoms with Crippen molar-refractivity contribution in [3.63, 3.8) is 0 Å². The lowest BCUT2D eigenvalue weighted by Crippen LogP contribution is -2.33. The van der Waals surface area contributed by atoms with E-state index in [9.17, 15) is 9.59 Å². The summed E-state index contributed by atoms with van der Waals surface area (Å²) in [6.45, 7) is 2.69. The van der Waals surface area contributed by atoms with Crippen molar-refractivity contribution in [1.82, 2.24) is 15.2 Å². The lowest BCUT2D eigenvalue weighted by molar-refractivity contribution is -0.130. The van der Waals surface area contributed by atoms with Gasteiger partial charge in [-0.1, -0.05) is 29.8 Å². The molecular formula is C18H20ClN3O2. The molecule has 0 radical (unpaired) electrons. The van der Waals surface area contributed by atoms with Crippen molar-refractivity contribution in [2.24, 2.45) is 0 Å². The van der Waals surface area contributed by atoms with Gasteiger partial charge < -0.3 is 10.2 Å². The average Bonchev–Trinajstić information content (AvgIpc) is 2.59. The van der Waals surface area contributed by atoms with E-state index in [0.717, 1.165) is 11.1 Å². The normalized spacial score (nSPS) is 10.2. The number of carbonyl (C=O) groups is 2. The fourth-order valence-corrected chi connectivity index (χ4v) is 2.40. The van der Waals surface area contributed by atoms with Crippen LogP contribution in [0.3, 0.4) is 0 Å². The molecule has 0 fully saturated rings. The van der Waals surface area contributed by atoms with Crippen LogP contribution in [0.5, 0.6) is 0 Å². The van der Waals surface area contributed by atoms with E-state index in [1.807, 2.05) is 30.3 Å². The number of benzene rings is 1.